The summed E-state index contributed by atoms with van der Waals surface area (Å²) in [6, 6.07) is 14.1. The third-order valence-corrected chi connectivity index (χ3v) is 4.46. The summed E-state index contributed by atoms with van der Waals surface area (Å²) in [6.07, 6.45) is 0.691. The zero-order chi connectivity index (χ0) is 16.9. The number of nitrogens with zero attached hydrogens (tertiary/aromatic N) is 1. The molecule has 0 bridgehead atoms. The number of benzene rings is 2. The van der Waals surface area contributed by atoms with E-state index in [1.54, 1.807) is 23.5 Å². The maximum absolute atomic E-state index is 13.5. The van der Waals surface area contributed by atoms with E-state index in [4.69, 9.17) is 0 Å². The van der Waals surface area contributed by atoms with Gasteiger partial charge >= 0.3 is 0 Å². The van der Waals surface area contributed by atoms with Gasteiger partial charge in [0.15, 0.2) is 0 Å². The molecule has 0 saturated heterocycles. The highest BCUT2D eigenvalue weighted by molar-refractivity contribution is 7.09. The van der Waals surface area contributed by atoms with E-state index in [1.165, 1.54) is 12.1 Å². The molecule has 1 heterocycles. The number of nitrogens with one attached hydrogen (secondary N) is 1. The van der Waals surface area contributed by atoms with E-state index in [1.807, 2.05) is 36.6 Å². The molecule has 0 fully saturated rings. The second-order valence-corrected chi connectivity index (χ2v) is 6.50. The Bertz CT molecular complexity index is 843. The molecule has 122 valence electrons. The monoisotopic (exact) mass is 340 g/mol. The minimum Gasteiger partial charge on any atom is -0.352 e. The minimum absolute atomic E-state index is 0.0757. The lowest BCUT2D eigenvalue weighted by Crippen LogP contribution is -2.26. The van der Waals surface area contributed by atoms with Gasteiger partial charge in [0, 0.05) is 17.5 Å². The van der Waals surface area contributed by atoms with E-state index in [0.29, 0.717) is 13.0 Å². The summed E-state index contributed by atoms with van der Waals surface area (Å²) in [6.45, 7) is 2.45. The van der Waals surface area contributed by atoms with E-state index in [0.717, 1.165) is 21.8 Å². The maximum atomic E-state index is 13.5. The first kappa shape index (κ1) is 16.3. The summed E-state index contributed by atoms with van der Waals surface area (Å²) in [5.74, 6) is -0.888. The third-order valence-electron chi connectivity index (χ3n) is 3.69. The molecule has 3 nitrogen and oxygen atoms in total. The molecular formula is C19H17FN2OS. The van der Waals surface area contributed by atoms with Gasteiger partial charge in [-0.2, -0.15) is 0 Å². The Balaban J connectivity index is 1.55. The predicted octanol–water partition coefficient (Wildman–Crippen LogP) is 4.23. The van der Waals surface area contributed by atoms with Gasteiger partial charge in [0.05, 0.1) is 16.3 Å². The number of aryl methyl sites for hydroxylation is 1. The van der Waals surface area contributed by atoms with Gasteiger partial charge in [-0.25, -0.2) is 9.37 Å². The summed E-state index contributed by atoms with van der Waals surface area (Å²) in [5, 5.41) is 5.84. The average Bonchev–Trinajstić information content (AvgIpc) is 3.02. The van der Waals surface area contributed by atoms with Crippen LogP contribution in [0.4, 0.5) is 4.39 Å². The van der Waals surface area contributed by atoms with Gasteiger partial charge < -0.3 is 5.32 Å². The predicted molar refractivity (Wildman–Crippen MR) is 94.7 cm³/mol. The first-order chi connectivity index (χ1) is 11.6. The summed E-state index contributed by atoms with van der Waals surface area (Å²) in [7, 11) is 0. The van der Waals surface area contributed by atoms with Crippen molar-refractivity contribution in [2.75, 3.05) is 6.54 Å². The van der Waals surface area contributed by atoms with Crippen LogP contribution < -0.4 is 5.32 Å². The minimum atomic E-state index is -0.502. The number of carbonyl (C=O) groups is 1. The van der Waals surface area contributed by atoms with E-state index >= 15 is 0 Å². The van der Waals surface area contributed by atoms with Gasteiger partial charge in [0.25, 0.3) is 5.91 Å². The molecule has 2 aromatic carbocycles. The van der Waals surface area contributed by atoms with Gasteiger partial charge in [-0.05, 0) is 31.0 Å². The number of carbonyl (C=O) groups excluding carboxylic acids is 1. The molecule has 1 amide bonds. The molecule has 0 aliphatic rings. The lowest BCUT2D eigenvalue weighted by atomic mass is 10.1. The van der Waals surface area contributed by atoms with Crippen molar-refractivity contribution in [2.45, 2.75) is 13.3 Å². The van der Waals surface area contributed by atoms with E-state index in [2.05, 4.69) is 10.3 Å². The van der Waals surface area contributed by atoms with Crippen LogP contribution >= 0.6 is 11.3 Å². The molecule has 3 rings (SSSR count). The van der Waals surface area contributed by atoms with Gasteiger partial charge in [-0.15, -0.1) is 11.3 Å². The molecular weight excluding hydrogens is 323 g/mol. The maximum Gasteiger partial charge on any atom is 0.254 e. The molecule has 0 aliphatic carbocycles. The second kappa shape index (κ2) is 7.36. The van der Waals surface area contributed by atoms with E-state index in [9.17, 15) is 9.18 Å². The van der Waals surface area contributed by atoms with Crippen molar-refractivity contribution in [3.8, 4) is 11.3 Å². The largest absolute Gasteiger partial charge is 0.352 e. The van der Waals surface area contributed by atoms with Crippen molar-refractivity contribution < 1.29 is 9.18 Å². The number of halogens is 1. The molecule has 0 unspecified atom stereocenters. The van der Waals surface area contributed by atoms with Crippen LogP contribution in [0.25, 0.3) is 11.3 Å². The highest BCUT2D eigenvalue weighted by Crippen LogP contribution is 2.21. The summed E-state index contributed by atoms with van der Waals surface area (Å²) in [5.41, 5.74) is 3.25. The zero-order valence-electron chi connectivity index (χ0n) is 13.3. The van der Waals surface area contributed by atoms with Crippen LogP contribution in [0.5, 0.6) is 0 Å². The van der Waals surface area contributed by atoms with Crippen molar-refractivity contribution in [3.63, 3.8) is 0 Å². The fourth-order valence-corrected chi connectivity index (χ4v) is 3.02. The molecule has 3 aromatic rings. The van der Waals surface area contributed by atoms with Crippen LogP contribution in [0.2, 0.25) is 0 Å². The lowest BCUT2D eigenvalue weighted by molar-refractivity contribution is 0.0950. The Morgan fingerprint density at radius 3 is 2.58 bits per heavy atom. The molecule has 24 heavy (non-hydrogen) atoms. The van der Waals surface area contributed by atoms with Gasteiger partial charge in [0.2, 0.25) is 0 Å². The fraction of sp³-hybridized carbons (Fsp3) is 0.158. The first-order valence-corrected chi connectivity index (χ1v) is 8.55. The Morgan fingerprint density at radius 1 is 1.17 bits per heavy atom. The lowest BCUT2D eigenvalue weighted by Gasteiger charge is -2.07. The van der Waals surface area contributed by atoms with Crippen molar-refractivity contribution in [1.82, 2.24) is 10.3 Å². The first-order valence-electron chi connectivity index (χ1n) is 7.67. The molecule has 0 spiro atoms. The molecule has 1 N–H and O–H groups in total. The molecule has 0 saturated carbocycles. The molecule has 0 radical (unpaired) electrons. The Labute approximate surface area is 144 Å². The number of hydrogen-bond acceptors (Lipinski definition) is 3. The average molecular weight is 340 g/mol. The molecule has 5 heteroatoms. The Kier molecular flexibility index (Phi) is 5.01. The summed E-state index contributed by atoms with van der Waals surface area (Å²) in [4.78, 5) is 16.4. The fourth-order valence-electron chi connectivity index (χ4n) is 2.40. The smallest absolute Gasteiger partial charge is 0.254 e. The standard InChI is InChI=1S/C19H17FN2OS/c1-13-22-18(12-24-13)15-8-6-14(7-9-15)10-11-21-19(23)16-4-2-3-5-17(16)20/h2-9,12H,10-11H2,1H3,(H,21,23). The highest BCUT2D eigenvalue weighted by atomic mass is 32.1. The normalized spacial score (nSPS) is 10.6. The molecule has 1 aromatic heterocycles. The zero-order valence-corrected chi connectivity index (χ0v) is 14.1. The van der Waals surface area contributed by atoms with Crippen molar-refractivity contribution in [3.05, 3.63) is 75.9 Å². The van der Waals surface area contributed by atoms with Crippen LogP contribution in [0.3, 0.4) is 0 Å². The van der Waals surface area contributed by atoms with Crippen LogP contribution in [0, 0.1) is 12.7 Å². The quantitative estimate of drug-likeness (QED) is 0.755. The third kappa shape index (κ3) is 3.86. The topological polar surface area (TPSA) is 42.0 Å². The Morgan fingerprint density at radius 2 is 1.92 bits per heavy atom. The highest BCUT2D eigenvalue weighted by Gasteiger charge is 2.09. The van der Waals surface area contributed by atoms with Crippen LogP contribution in [-0.2, 0) is 6.42 Å². The van der Waals surface area contributed by atoms with Crippen molar-refractivity contribution in [2.24, 2.45) is 0 Å². The molecule has 0 atom stereocenters. The van der Waals surface area contributed by atoms with Crippen LogP contribution in [-0.4, -0.2) is 17.4 Å². The summed E-state index contributed by atoms with van der Waals surface area (Å²) >= 11 is 1.63. The summed E-state index contributed by atoms with van der Waals surface area (Å²) < 4.78 is 13.5. The number of thiazole rings is 1. The van der Waals surface area contributed by atoms with Gasteiger partial charge in [0.1, 0.15) is 5.82 Å². The van der Waals surface area contributed by atoms with E-state index in [-0.39, 0.29) is 11.5 Å². The second-order valence-electron chi connectivity index (χ2n) is 5.43. The molecule has 0 aliphatic heterocycles. The SMILES string of the molecule is Cc1nc(-c2ccc(CCNC(=O)c3ccccc3F)cc2)cs1. The number of aromatic nitrogens is 1. The van der Waals surface area contributed by atoms with Gasteiger partial charge in [-0.1, -0.05) is 36.4 Å². The van der Waals surface area contributed by atoms with Crippen LogP contribution in [0.15, 0.2) is 53.9 Å². The van der Waals surface area contributed by atoms with Crippen molar-refractivity contribution >= 4 is 17.2 Å². The van der Waals surface area contributed by atoms with E-state index < -0.39 is 5.82 Å². The number of amides is 1. The van der Waals surface area contributed by atoms with Gasteiger partial charge in [-0.3, -0.25) is 4.79 Å². The van der Waals surface area contributed by atoms with Crippen molar-refractivity contribution in [1.29, 1.82) is 0 Å². The van der Waals surface area contributed by atoms with Crippen LogP contribution in [0.1, 0.15) is 20.9 Å². The Hall–Kier alpha value is -2.53. The number of rotatable bonds is 5. The number of hydrogen-bond donors (Lipinski definition) is 1.